The Labute approximate surface area is 158 Å². The van der Waals surface area contributed by atoms with E-state index in [1.54, 1.807) is 24.1 Å². The first kappa shape index (κ1) is 19.8. The fourth-order valence-corrected chi connectivity index (χ4v) is 2.75. The van der Waals surface area contributed by atoms with Crippen LogP contribution in [0.2, 0.25) is 0 Å². The van der Waals surface area contributed by atoms with Gasteiger partial charge in [-0.2, -0.15) is 0 Å². The van der Waals surface area contributed by atoms with Crippen LogP contribution >= 0.6 is 15.9 Å². The highest BCUT2D eigenvalue weighted by Crippen LogP contribution is 2.28. The average molecular weight is 426 g/mol. The van der Waals surface area contributed by atoms with Gasteiger partial charge in [0.15, 0.2) is 0 Å². The van der Waals surface area contributed by atoms with Gasteiger partial charge in [-0.25, -0.2) is 4.39 Å². The molecule has 0 aliphatic heterocycles. The van der Waals surface area contributed by atoms with Crippen molar-refractivity contribution in [2.75, 3.05) is 26.0 Å². The molecule has 0 aliphatic carbocycles. The van der Waals surface area contributed by atoms with E-state index in [9.17, 15) is 19.3 Å². The lowest BCUT2D eigenvalue weighted by atomic mass is 10.2. The van der Waals surface area contributed by atoms with E-state index in [2.05, 4.69) is 21.2 Å². The van der Waals surface area contributed by atoms with Gasteiger partial charge in [0.1, 0.15) is 17.3 Å². The van der Waals surface area contributed by atoms with Gasteiger partial charge in [0.2, 0.25) is 5.91 Å². The van der Waals surface area contributed by atoms with Gasteiger partial charge in [0.05, 0.1) is 24.6 Å². The number of hydrogen-bond acceptors (Lipinski definition) is 5. The van der Waals surface area contributed by atoms with Crippen molar-refractivity contribution in [1.29, 1.82) is 0 Å². The number of benzene rings is 2. The molecule has 0 fully saturated rings. The maximum atomic E-state index is 13.8. The van der Waals surface area contributed by atoms with Crippen LogP contribution in [0, 0.1) is 15.9 Å². The van der Waals surface area contributed by atoms with Crippen molar-refractivity contribution >= 4 is 33.2 Å². The van der Waals surface area contributed by atoms with Crippen molar-refractivity contribution in [3.63, 3.8) is 0 Å². The minimum Gasteiger partial charge on any atom is -0.496 e. The molecule has 0 aliphatic rings. The number of amides is 1. The zero-order chi connectivity index (χ0) is 19.3. The first-order chi connectivity index (χ1) is 12.3. The third kappa shape index (κ3) is 5.24. The Kier molecular flexibility index (Phi) is 6.64. The molecule has 0 heterocycles. The highest BCUT2D eigenvalue weighted by atomic mass is 79.9. The Bertz CT molecular complexity index is 832. The van der Waals surface area contributed by atoms with Gasteiger partial charge < -0.3 is 10.1 Å². The SMILES string of the molecule is COc1ccc(NC(=O)CN(C)Cc2cc(Br)ccc2F)c([N+](=O)[O-])c1. The number of likely N-dealkylation sites (N-methyl/N-ethyl adjacent to an activating group) is 1. The van der Waals surface area contributed by atoms with Crippen LogP contribution in [0.3, 0.4) is 0 Å². The fraction of sp³-hybridized carbons (Fsp3) is 0.235. The summed E-state index contributed by atoms with van der Waals surface area (Å²) in [5.41, 5.74) is 0.242. The molecule has 2 aromatic rings. The number of halogens is 2. The van der Waals surface area contributed by atoms with Gasteiger partial charge in [-0.3, -0.25) is 19.8 Å². The number of carbonyl (C=O) groups is 1. The Morgan fingerprint density at radius 3 is 2.73 bits per heavy atom. The highest BCUT2D eigenvalue weighted by molar-refractivity contribution is 9.10. The van der Waals surface area contributed by atoms with Crippen LogP contribution in [0.15, 0.2) is 40.9 Å². The van der Waals surface area contributed by atoms with Gasteiger partial charge in [0.25, 0.3) is 5.69 Å². The summed E-state index contributed by atoms with van der Waals surface area (Å²) in [5.74, 6) is -0.501. The Morgan fingerprint density at radius 2 is 2.08 bits per heavy atom. The number of hydrogen-bond donors (Lipinski definition) is 1. The third-order valence-electron chi connectivity index (χ3n) is 3.54. The number of rotatable bonds is 7. The molecular formula is C17H17BrFN3O4. The minimum atomic E-state index is -0.598. The Morgan fingerprint density at radius 1 is 1.35 bits per heavy atom. The van der Waals surface area contributed by atoms with E-state index >= 15 is 0 Å². The number of ether oxygens (including phenoxy) is 1. The first-order valence-corrected chi connectivity index (χ1v) is 8.34. The second-order valence-corrected chi connectivity index (χ2v) is 6.51. The molecule has 9 heteroatoms. The van der Waals surface area contributed by atoms with E-state index in [1.807, 2.05) is 0 Å². The number of nitro benzene ring substituents is 1. The summed E-state index contributed by atoms with van der Waals surface area (Å²) < 4.78 is 19.5. The quantitative estimate of drug-likeness (QED) is 0.541. The van der Waals surface area contributed by atoms with Gasteiger partial charge in [-0.1, -0.05) is 15.9 Å². The van der Waals surface area contributed by atoms with Gasteiger partial charge >= 0.3 is 0 Å². The molecule has 2 rings (SSSR count). The number of nitrogens with zero attached hydrogens (tertiary/aromatic N) is 2. The fourth-order valence-electron chi connectivity index (χ4n) is 2.34. The predicted octanol–water partition coefficient (Wildman–Crippen LogP) is 3.58. The second-order valence-electron chi connectivity index (χ2n) is 5.60. The molecule has 0 unspecified atom stereocenters. The first-order valence-electron chi connectivity index (χ1n) is 7.55. The van der Waals surface area contributed by atoms with Crippen LogP contribution in [0.5, 0.6) is 5.75 Å². The topological polar surface area (TPSA) is 84.7 Å². The molecule has 2 aromatic carbocycles. The van der Waals surface area contributed by atoms with Crippen LogP contribution in [-0.4, -0.2) is 36.4 Å². The number of anilines is 1. The second kappa shape index (κ2) is 8.72. The lowest BCUT2D eigenvalue weighted by Gasteiger charge is -2.17. The molecule has 0 radical (unpaired) electrons. The van der Waals surface area contributed by atoms with Crippen LogP contribution < -0.4 is 10.1 Å². The molecule has 1 amide bonds. The summed E-state index contributed by atoms with van der Waals surface area (Å²) in [5, 5.41) is 13.7. The summed E-state index contributed by atoms with van der Waals surface area (Å²) in [6, 6.07) is 8.72. The van der Waals surface area contributed by atoms with E-state index < -0.39 is 10.8 Å². The molecule has 0 spiro atoms. The highest BCUT2D eigenvalue weighted by Gasteiger charge is 2.18. The van der Waals surface area contributed by atoms with E-state index in [0.717, 1.165) is 4.47 Å². The molecule has 0 saturated carbocycles. The van der Waals surface area contributed by atoms with Gasteiger partial charge in [0, 0.05) is 16.6 Å². The summed E-state index contributed by atoms with van der Waals surface area (Å²) in [6.07, 6.45) is 0. The molecule has 0 bridgehead atoms. The maximum Gasteiger partial charge on any atom is 0.296 e. The summed E-state index contributed by atoms with van der Waals surface area (Å²) in [4.78, 5) is 24.3. The van der Waals surface area contributed by atoms with Crippen molar-refractivity contribution in [2.45, 2.75) is 6.54 Å². The number of nitro groups is 1. The number of carbonyl (C=O) groups excluding carboxylic acids is 1. The largest absolute Gasteiger partial charge is 0.496 e. The molecule has 0 atom stereocenters. The zero-order valence-electron chi connectivity index (χ0n) is 14.2. The molecule has 7 nitrogen and oxygen atoms in total. The Hall–Kier alpha value is -2.52. The molecule has 138 valence electrons. The summed E-state index contributed by atoms with van der Waals surface area (Å²) in [6.45, 7) is 0.151. The third-order valence-corrected chi connectivity index (χ3v) is 4.03. The van der Waals surface area contributed by atoms with Crippen molar-refractivity contribution < 1.29 is 18.8 Å². The van der Waals surface area contributed by atoms with Crippen molar-refractivity contribution in [3.05, 3.63) is 62.4 Å². The smallest absolute Gasteiger partial charge is 0.296 e. The van der Waals surface area contributed by atoms with E-state index in [1.165, 1.54) is 31.4 Å². The van der Waals surface area contributed by atoms with Crippen LogP contribution in [0.25, 0.3) is 0 Å². The van der Waals surface area contributed by atoms with Crippen molar-refractivity contribution in [3.8, 4) is 5.75 Å². The van der Waals surface area contributed by atoms with E-state index in [4.69, 9.17) is 4.74 Å². The van der Waals surface area contributed by atoms with Crippen molar-refractivity contribution in [2.24, 2.45) is 0 Å². The average Bonchev–Trinajstić information content (AvgIpc) is 2.58. The van der Waals surface area contributed by atoms with E-state index in [-0.39, 0.29) is 30.3 Å². The number of methoxy groups -OCH3 is 1. The maximum absolute atomic E-state index is 13.8. The summed E-state index contributed by atoms with van der Waals surface area (Å²) in [7, 11) is 3.05. The molecule has 0 saturated heterocycles. The van der Waals surface area contributed by atoms with Crippen LogP contribution in [0.4, 0.5) is 15.8 Å². The van der Waals surface area contributed by atoms with E-state index in [0.29, 0.717) is 11.3 Å². The zero-order valence-corrected chi connectivity index (χ0v) is 15.7. The lowest BCUT2D eigenvalue weighted by molar-refractivity contribution is -0.384. The van der Waals surface area contributed by atoms with Gasteiger partial charge in [-0.15, -0.1) is 0 Å². The number of nitrogens with one attached hydrogen (secondary N) is 1. The summed E-state index contributed by atoms with van der Waals surface area (Å²) >= 11 is 3.28. The van der Waals surface area contributed by atoms with Crippen LogP contribution in [-0.2, 0) is 11.3 Å². The molecular weight excluding hydrogens is 409 g/mol. The molecule has 1 N–H and O–H groups in total. The van der Waals surface area contributed by atoms with Crippen molar-refractivity contribution in [1.82, 2.24) is 4.90 Å². The lowest BCUT2D eigenvalue weighted by Crippen LogP contribution is -2.30. The minimum absolute atomic E-state index is 0.0604. The monoisotopic (exact) mass is 425 g/mol. The standard InChI is InChI=1S/C17H17BrFN3O4/c1-21(9-11-7-12(18)3-5-14(11)19)10-17(23)20-15-6-4-13(26-2)8-16(15)22(24)25/h3-8H,9-10H2,1-2H3,(H,20,23). The normalized spacial score (nSPS) is 10.7. The molecule has 26 heavy (non-hydrogen) atoms. The predicted molar refractivity (Wildman–Crippen MR) is 98.7 cm³/mol. The molecule has 0 aromatic heterocycles. The Balaban J connectivity index is 2.04. The van der Waals surface area contributed by atoms with Crippen LogP contribution in [0.1, 0.15) is 5.56 Å². The van der Waals surface area contributed by atoms with Gasteiger partial charge in [-0.05, 0) is 37.4 Å².